The first-order valence-electron chi connectivity index (χ1n) is 9.22. The Balaban J connectivity index is 1.93. The Morgan fingerprint density at radius 2 is 1.62 bits per heavy atom. The molecule has 2 fully saturated rings. The van der Waals surface area contributed by atoms with E-state index in [0.717, 1.165) is 5.52 Å². The van der Waals surface area contributed by atoms with Crippen LogP contribution in [-0.2, 0) is 0 Å². The molecule has 1 aromatic heterocycles. The van der Waals surface area contributed by atoms with Gasteiger partial charge >= 0.3 is 0 Å². The predicted molar refractivity (Wildman–Crippen MR) is 95.8 cm³/mol. The highest BCUT2D eigenvalue weighted by molar-refractivity contribution is 5.96. The van der Waals surface area contributed by atoms with Crippen LogP contribution >= 0.6 is 0 Å². The fraction of sp³-hybridized carbons (Fsp3) is 0.500. The van der Waals surface area contributed by atoms with Gasteiger partial charge in [0.1, 0.15) is 5.69 Å². The van der Waals surface area contributed by atoms with Crippen LogP contribution in [-0.4, -0.2) is 10.9 Å². The smallest absolute Gasteiger partial charge is 0.283 e. The maximum absolute atomic E-state index is 12.1. The lowest BCUT2D eigenvalue weighted by atomic mass is 9.86. The number of rotatable bonds is 3. The zero-order valence-electron chi connectivity index (χ0n) is 14.1. The summed E-state index contributed by atoms with van der Waals surface area (Å²) < 4.78 is 0. The highest BCUT2D eigenvalue weighted by Crippen LogP contribution is 2.43. The van der Waals surface area contributed by atoms with E-state index in [9.17, 15) is 4.79 Å². The molecule has 2 aromatic rings. The molecule has 0 spiro atoms. The number of carbonyl (C=O) groups is 1. The molecule has 0 aliphatic heterocycles. The summed E-state index contributed by atoms with van der Waals surface area (Å²) in [6.07, 6.45) is 10.2. The quantitative estimate of drug-likeness (QED) is 0.506. The van der Waals surface area contributed by atoms with Crippen LogP contribution in [0, 0.1) is 0 Å². The molecule has 1 amide bonds. The lowest BCUT2D eigenvalue weighted by Crippen LogP contribution is -2.31. The minimum absolute atomic E-state index is 0.303. The average Bonchev–Trinajstić information content (AvgIpc) is 3.32. The normalized spacial score (nSPS) is 19.2. The molecule has 4 heteroatoms. The number of aromatic nitrogens is 1. The Labute approximate surface area is 142 Å². The van der Waals surface area contributed by atoms with Crippen LogP contribution in [0.4, 0.5) is 0 Å². The van der Waals surface area contributed by atoms with Crippen LogP contribution < -0.4 is 11.3 Å². The van der Waals surface area contributed by atoms with Crippen molar-refractivity contribution in [2.75, 3.05) is 0 Å². The Kier molecular flexibility index (Phi) is 4.23. The molecule has 0 saturated heterocycles. The maximum Gasteiger partial charge on any atom is 0.283 e. The topological polar surface area (TPSA) is 68.0 Å². The van der Waals surface area contributed by atoms with Crippen LogP contribution in [0.1, 0.15) is 84.8 Å². The van der Waals surface area contributed by atoms with E-state index >= 15 is 0 Å². The number of nitrogens with zero attached hydrogens (tertiary/aromatic N) is 1. The summed E-state index contributed by atoms with van der Waals surface area (Å²) in [7, 11) is 0. The average molecular weight is 323 g/mol. The molecule has 3 N–H and O–H groups in total. The summed E-state index contributed by atoms with van der Waals surface area (Å²) in [5.74, 6) is 6.23. The van der Waals surface area contributed by atoms with E-state index in [1.165, 1.54) is 67.9 Å². The Bertz CT molecular complexity index is 759. The first-order chi connectivity index (χ1) is 11.8. The van der Waals surface area contributed by atoms with Crippen LogP contribution in [0.2, 0.25) is 0 Å². The highest BCUT2D eigenvalue weighted by atomic mass is 16.2. The number of fused-ring (bicyclic) bond motifs is 1. The van der Waals surface area contributed by atoms with E-state index in [0.29, 0.717) is 17.5 Å². The molecule has 0 bridgehead atoms. The SMILES string of the molecule is NNC(=O)c1cc(C2CCCC2)c2c(C3CCCC3)cccc2n1. The fourth-order valence-electron chi connectivity index (χ4n) is 4.67. The van der Waals surface area contributed by atoms with Crippen LogP contribution in [0.25, 0.3) is 10.9 Å². The van der Waals surface area contributed by atoms with Crippen molar-refractivity contribution < 1.29 is 4.79 Å². The molecule has 0 radical (unpaired) electrons. The molecular formula is C20H25N3O. The maximum atomic E-state index is 12.1. The van der Waals surface area contributed by atoms with Gasteiger partial charge in [0.15, 0.2) is 0 Å². The number of amides is 1. The first kappa shape index (κ1) is 15.6. The Morgan fingerprint density at radius 1 is 1.00 bits per heavy atom. The summed E-state index contributed by atoms with van der Waals surface area (Å²) in [5, 5.41) is 1.31. The van der Waals surface area contributed by atoms with Crippen LogP contribution in [0.5, 0.6) is 0 Å². The summed E-state index contributed by atoms with van der Waals surface area (Å²) in [6.45, 7) is 0. The van der Waals surface area contributed by atoms with Crippen LogP contribution in [0.3, 0.4) is 0 Å². The number of nitrogen functional groups attached to an aromatic ring is 1. The monoisotopic (exact) mass is 323 g/mol. The van der Waals surface area contributed by atoms with Gasteiger partial charge in [-0.15, -0.1) is 0 Å². The number of hydrogen-bond acceptors (Lipinski definition) is 3. The molecular weight excluding hydrogens is 298 g/mol. The van der Waals surface area contributed by atoms with Gasteiger partial charge in [-0.2, -0.15) is 0 Å². The molecule has 4 rings (SSSR count). The largest absolute Gasteiger partial charge is 0.289 e. The van der Waals surface area contributed by atoms with Crippen LogP contribution in [0.15, 0.2) is 24.3 Å². The molecule has 2 aliphatic carbocycles. The van der Waals surface area contributed by atoms with Crippen molar-refractivity contribution in [2.24, 2.45) is 5.84 Å². The van der Waals surface area contributed by atoms with Gasteiger partial charge in [-0.25, -0.2) is 10.8 Å². The van der Waals surface area contributed by atoms with E-state index in [2.05, 4.69) is 22.5 Å². The number of nitrogens with two attached hydrogens (primary N) is 1. The third-order valence-corrected chi connectivity index (χ3v) is 5.85. The minimum atomic E-state index is -0.303. The third kappa shape index (κ3) is 2.69. The minimum Gasteiger partial charge on any atom is -0.289 e. The highest BCUT2D eigenvalue weighted by Gasteiger charge is 2.26. The van der Waals surface area contributed by atoms with E-state index in [-0.39, 0.29) is 5.91 Å². The van der Waals surface area contributed by atoms with E-state index in [1.54, 1.807) is 0 Å². The number of benzene rings is 1. The summed E-state index contributed by atoms with van der Waals surface area (Å²) >= 11 is 0. The van der Waals surface area contributed by atoms with Crippen molar-refractivity contribution in [1.29, 1.82) is 0 Å². The predicted octanol–water partition coefficient (Wildman–Crippen LogP) is 4.15. The number of carbonyl (C=O) groups excluding carboxylic acids is 1. The molecule has 1 aromatic carbocycles. The van der Waals surface area contributed by atoms with Gasteiger partial charge in [-0.3, -0.25) is 10.2 Å². The van der Waals surface area contributed by atoms with Crippen molar-refractivity contribution in [3.63, 3.8) is 0 Å². The molecule has 0 atom stereocenters. The summed E-state index contributed by atoms with van der Waals surface area (Å²) in [6, 6.07) is 8.41. The van der Waals surface area contributed by atoms with Crippen molar-refractivity contribution in [3.8, 4) is 0 Å². The van der Waals surface area contributed by atoms with E-state index in [1.807, 2.05) is 12.1 Å². The first-order valence-corrected chi connectivity index (χ1v) is 9.22. The number of hydrazine groups is 1. The van der Waals surface area contributed by atoms with Gasteiger partial charge in [0.25, 0.3) is 5.91 Å². The van der Waals surface area contributed by atoms with E-state index in [4.69, 9.17) is 5.84 Å². The Hall–Kier alpha value is -1.94. The van der Waals surface area contributed by atoms with E-state index < -0.39 is 0 Å². The van der Waals surface area contributed by atoms with Crippen molar-refractivity contribution in [3.05, 3.63) is 41.1 Å². The number of pyridine rings is 1. The van der Waals surface area contributed by atoms with Gasteiger partial charge in [-0.1, -0.05) is 37.8 Å². The second kappa shape index (κ2) is 6.52. The van der Waals surface area contributed by atoms with Gasteiger partial charge in [0.05, 0.1) is 5.52 Å². The zero-order valence-corrected chi connectivity index (χ0v) is 14.1. The standard InChI is InChI=1S/C20H25N3O/c21-23-20(24)18-12-16(14-8-3-4-9-14)19-15(13-6-1-2-7-13)10-5-11-17(19)22-18/h5,10-14H,1-4,6-9,21H2,(H,23,24). The molecule has 126 valence electrons. The number of nitrogens with one attached hydrogen (secondary N) is 1. The van der Waals surface area contributed by atoms with Crippen molar-refractivity contribution >= 4 is 16.8 Å². The third-order valence-electron chi connectivity index (χ3n) is 5.85. The van der Waals surface area contributed by atoms with Gasteiger partial charge in [0, 0.05) is 5.39 Å². The summed E-state index contributed by atoms with van der Waals surface area (Å²) in [5.41, 5.74) is 6.38. The van der Waals surface area contributed by atoms with Gasteiger partial charge in [-0.05, 0) is 60.8 Å². The molecule has 1 heterocycles. The molecule has 24 heavy (non-hydrogen) atoms. The Morgan fingerprint density at radius 3 is 2.25 bits per heavy atom. The summed E-state index contributed by atoms with van der Waals surface area (Å²) in [4.78, 5) is 16.7. The van der Waals surface area contributed by atoms with Gasteiger partial charge < -0.3 is 0 Å². The molecule has 4 nitrogen and oxygen atoms in total. The van der Waals surface area contributed by atoms with Gasteiger partial charge in [0.2, 0.25) is 0 Å². The lowest BCUT2D eigenvalue weighted by Gasteiger charge is -2.20. The van der Waals surface area contributed by atoms with Crippen molar-refractivity contribution in [2.45, 2.75) is 63.2 Å². The molecule has 0 unspecified atom stereocenters. The second-order valence-corrected chi connectivity index (χ2v) is 7.27. The second-order valence-electron chi connectivity index (χ2n) is 7.27. The molecule has 2 aliphatic rings. The fourth-order valence-corrected chi connectivity index (χ4v) is 4.67. The lowest BCUT2D eigenvalue weighted by molar-refractivity contribution is 0.0949. The molecule has 2 saturated carbocycles. The van der Waals surface area contributed by atoms with Crippen molar-refractivity contribution in [1.82, 2.24) is 10.4 Å². The number of hydrogen-bond donors (Lipinski definition) is 2. The zero-order chi connectivity index (χ0) is 16.5.